The maximum atomic E-state index is 12.8. The number of carbonyl (C=O) groups excluding carboxylic acids is 1. The summed E-state index contributed by atoms with van der Waals surface area (Å²) in [6.45, 7) is 4.20. The second-order valence-electron chi connectivity index (χ2n) is 7.36. The van der Waals surface area contributed by atoms with Crippen molar-refractivity contribution in [3.05, 3.63) is 68.8 Å². The van der Waals surface area contributed by atoms with E-state index in [-0.39, 0.29) is 12.5 Å². The molecule has 0 aliphatic heterocycles. The van der Waals surface area contributed by atoms with E-state index >= 15 is 0 Å². The molecule has 2 aromatic carbocycles. The average Bonchev–Trinajstić information content (AvgIpc) is 3.32. The van der Waals surface area contributed by atoms with Gasteiger partial charge in [0.15, 0.2) is 15.7 Å². The Bertz CT molecular complexity index is 1290. The number of aromatic amines is 1. The van der Waals surface area contributed by atoms with E-state index in [9.17, 15) is 4.79 Å². The first kappa shape index (κ1) is 22.4. The fourth-order valence-electron chi connectivity index (χ4n) is 3.42. The van der Waals surface area contributed by atoms with Crippen molar-refractivity contribution in [2.45, 2.75) is 33.2 Å². The predicted octanol–water partition coefficient (Wildman–Crippen LogP) is 6.28. The molecule has 32 heavy (non-hydrogen) atoms. The van der Waals surface area contributed by atoms with Crippen molar-refractivity contribution in [2.24, 2.45) is 0 Å². The van der Waals surface area contributed by atoms with Crippen molar-refractivity contribution in [2.75, 3.05) is 5.32 Å². The van der Waals surface area contributed by atoms with E-state index < -0.39 is 0 Å². The molecule has 4 aromatic rings. The molecule has 0 spiro atoms. The van der Waals surface area contributed by atoms with Gasteiger partial charge >= 0.3 is 0 Å². The number of thiazole rings is 1. The van der Waals surface area contributed by atoms with Crippen LogP contribution in [0.3, 0.4) is 0 Å². The number of aromatic nitrogens is 4. The van der Waals surface area contributed by atoms with Gasteiger partial charge in [0.2, 0.25) is 5.91 Å². The Morgan fingerprint density at radius 1 is 1.16 bits per heavy atom. The van der Waals surface area contributed by atoms with Gasteiger partial charge in [-0.05, 0) is 55.4 Å². The molecule has 0 saturated heterocycles. The molecule has 0 unspecified atom stereocenters. The number of carbonyl (C=O) groups is 1. The molecule has 2 heterocycles. The van der Waals surface area contributed by atoms with E-state index in [0.29, 0.717) is 20.7 Å². The van der Waals surface area contributed by atoms with Gasteiger partial charge in [0.05, 0.1) is 5.69 Å². The summed E-state index contributed by atoms with van der Waals surface area (Å²) in [6, 6.07) is 15.7. The van der Waals surface area contributed by atoms with Crippen LogP contribution < -0.4 is 5.32 Å². The number of hydrogen-bond donors (Lipinski definition) is 2. The standard InChI is InChI=1S/C23H22ClN5OS2/c1-3-4-15-5-7-16(8-6-15)20-14(2)32-22(26-20)25-19(30)13-29-21(27-28-23(29)31)17-9-11-18(24)12-10-17/h5-12H,3-4,13H2,1-2H3,(H,28,31)(H,25,26,30). The zero-order chi connectivity index (χ0) is 22.7. The average molecular weight is 484 g/mol. The van der Waals surface area contributed by atoms with Gasteiger partial charge in [-0.1, -0.05) is 49.2 Å². The SMILES string of the molecule is CCCc1ccc(-c2nc(NC(=O)Cn3c(-c4ccc(Cl)cc4)n[nH]c3=S)sc2C)cc1. The minimum atomic E-state index is -0.226. The van der Waals surface area contributed by atoms with E-state index in [0.717, 1.165) is 34.5 Å². The summed E-state index contributed by atoms with van der Waals surface area (Å²) in [6.07, 6.45) is 2.18. The Labute approximate surface area is 200 Å². The highest BCUT2D eigenvalue weighted by Gasteiger charge is 2.15. The zero-order valence-corrected chi connectivity index (χ0v) is 20.1. The normalized spacial score (nSPS) is 11.0. The van der Waals surface area contributed by atoms with Crippen molar-refractivity contribution >= 4 is 46.2 Å². The third kappa shape index (κ3) is 4.98. The summed E-state index contributed by atoms with van der Waals surface area (Å²) in [4.78, 5) is 18.5. The van der Waals surface area contributed by atoms with E-state index in [1.165, 1.54) is 16.9 Å². The van der Waals surface area contributed by atoms with Gasteiger partial charge in [0.25, 0.3) is 0 Å². The Balaban J connectivity index is 1.50. The van der Waals surface area contributed by atoms with Crippen LogP contribution >= 0.6 is 35.2 Å². The van der Waals surface area contributed by atoms with Gasteiger partial charge < -0.3 is 5.32 Å². The van der Waals surface area contributed by atoms with Crippen LogP contribution in [0.15, 0.2) is 48.5 Å². The number of nitrogens with zero attached hydrogens (tertiary/aromatic N) is 3. The Morgan fingerprint density at radius 2 is 1.84 bits per heavy atom. The number of nitrogens with one attached hydrogen (secondary N) is 2. The maximum absolute atomic E-state index is 12.8. The first-order valence-electron chi connectivity index (χ1n) is 10.2. The number of aryl methyl sites for hydroxylation is 2. The van der Waals surface area contributed by atoms with Crippen LogP contribution in [0.5, 0.6) is 0 Å². The molecule has 0 aliphatic carbocycles. The zero-order valence-electron chi connectivity index (χ0n) is 17.7. The largest absolute Gasteiger partial charge is 0.300 e. The molecule has 2 aromatic heterocycles. The second-order valence-corrected chi connectivity index (χ2v) is 9.39. The second kappa shape index (κ2) is 9.77. The lowest BCUT2D eigenvalue weighted by Crippen LogP contribution is -2.19. The van der Waals surface area contributed by atoms with Gasteiger partial charge in [-0.2, -0.15) is 5.10 Å². The van der Waals surface area contributed by atoms with Crippen molar-refractivity contribution in [1.82, 2.24) is 19.7 Å². The van der Waals surface area contributed by atoms with Crippen LogP contribution in [-0.2, 0) is 17.8 Å². The lowest BCUT2D eigenvalue weighted by Gasteiger charge is -2.07. The van der Waals surface area contributed by atoms with Crippen LogP contribution in [0.4, 0.5) is 5.13 Å². The number of hydrogen-bond acceptors (Lipinski definition) is 5. The van der Waals surface area contributed by atoms with Crippen molar-refractivity contribution in [3.8, 4) is 22.6 Å². The third-order valence-electron chi connectivity index (χ3n) is 4.97. The summed E-state index contributed by atoms with van der Waals surface area (Å²) in [7, 11) is 0. The van der Waals surface area contributed by atoms with E-state index in [1.54, 1.807) is 16.7 Å². The highest BCUT2D eigenvalue weighted by molar-refractivity contribution is 7.71. The molecule has 6 nitrogen and oxygen atoms in total. The Hall–Kier alpha value is -2.81. The number of H-pyrrole nitrogens is 1. The van der Waals surface area contributed by atoms with Gasteiger partial charge in [-0.15, -0.1) is 11.3 Å². The van der Waals surface area contributed by atoms with Gasteiger partial charge in [0.1, 0.15) is 6.54 Å². The topological polar surface area (TPSA) is 75.6 Å². The molecule has 0 fully saturated rings. The molecule has 0 radical (unpaired) electrons. The Morgan fingerprint density at radius 3 is 2.53 bits per heavy atom. The molecule has 1 amide bonds. The van der Waals surface area contributed by atoms with Crippen molar-refractivity contribution in [1.29, 1.82) is 0 Å². The summed E-state index contributed by atoms with van der Waals surface area (Å²) in [5.74, 6) is 0.348. The first-order valence-corrected chi connectivity index (χ1v) is 11.8. The maximum Gasteiger partial charge on any atom is 0.246 e. The van der Waals surface area contributed by atoms with Crippen LogP contribution in [0, 0.1) is 11.7 Å². The van der Waals surface area contributed by atoms with E-state index in [1.807, 2.05) is 19.1 Å². The molecule has 9 heteroatoms. The smallest absolute Gasteiger partial charge is 0.246 e. The van der Waals surface area contributed by atoms with Gasteiger partial charge in [0, 0.05) is 21.0 Å². The molecule has 164 valence electrons. The lowest BCUT2D eigenvalue weighted by molar-refractivity contribution is -0.116. The summed E-state index contributed by atoms with van der Waals surface area (Å²) >= 11 is 12.8. The lowest BCUT2D eigenvalue weighted by atomic mass is 10.1. The number of halogens is 1. The minimum Gasteiger partial charge on any atom is -0.300 e. The monoisotopic (exact) mass is 483 g/mol. The fourth-order valence-corrected chi connectivity index (χ4v) is 4.60. The molecule has 2 N–H and O–H groups in total. The minimum absolute atomic E-state index is 0.0208. The van der Waals surface area contributed by atoms with Crippen molar-refractivity contribution < 1.29 is 4.79 Å². The molecular formula is C23H22ClN5OS2. The molecule has 4 rings (SSSR count). The highest BCUT2D eigenvalue weighted by atomic mass is 35.5. The molecule has 0 aliphatic rings. The molecule has 0 saturated carbocycles. The molecular weight excluding hydrogens is 462 g/mol. The van der Waals surface area contributed by atoms with Gasteiger partial charge in [-0.25, -0.2) is 4.98 Å². The number of rotatable bonds is 7. The van der Waals surface area contributed by atoms with Crippen LogP contribution in [0.2, 0.25) is 5.02 Å². The summed E-state index contributed by atoms with van der Waals surface area (Å²) in [5.41, 5.74) is 4.05. The summed E-state index contributed by atoms with van der Waals surface area (Å²) < 4.78 is 2.02. The predicted molar refractivity (Wildman–Crippen MR) is 133 cm³/mol. The summed E-state index contributed by atoms with van der Waals surface area (Å²) in [5, 5.41) is 11.1. The quantitative estimate of drug-likeness (QED) is 0.303. The van der Waals surface area contributed by atoms with E-state index in [2.05, 4.69) is 51.7 Å². The molecule has 0 atom stereocenters. The number of benzene rings is 2. The highest BCUT2D eigenvalue weighted by Crippen LogP contribution is 2.31. The Kier molecular flexibility index (Phi) is 6.83. The number of amides is 1. The fraction of sp³-hybridized carbons (Fsp3) is 0.217. The molecule has 0 bridgehead atoms. The van der Waals surface area contributed by atoms with Crippen LogP contribution in [0.25, 0.3) is 22.6 Å². The third-order valence-corrected chi connectivity index (χ3v) is 6.42. The first-order chi connectivity index (χ1) is 15.4. The van der Waals surface area contributed by atoms with Crippen LogP contribution in [0.1, 0.15) is 23.8 Å². The van der Waals surface area contributed by atoms with E-state index in [4.69, 9.17) is 23.8 Å². The van der Waals surface area contributed by atoms with Gasteiger partial charge in [-0.3, -0.25) is 14.5 Å². The van der Waals surface area contributed by atoms with Crippen molar-refractivity contribution in [3.63, 3.8) is 0 Å². The van der Waals surface area contributed by atoms with Crippen LogP contribution in [-0.4, -0.2) is 25.7 Å². The number of anilines is 1.